The van der Waals surface area contributed by atoms with Crippen LogP contribution in [0.4, 0.5) is 0 Å². The SMILES string of the molecule is CC1CCC(c2ccc(OC3CC3)cc2)NC1. The molecule has 2 heteroatoms. The maximum absolute atomic E-state index is 5.76. The highest BCUT2D eigenvalue weighted by atomic mass is 16.5. The minimum atomic E-state index is 0.495. The van der Waals surface area contributed by atoms with Crippen LogP contribution in [0.2, 0.25) is 0 Å². The number of hydrogen-bond donors (Lipinski definition) is 1. The Morgan fingerprint density at radius 1 is 1.06 bits per heavy atom. The molecule has 2 unspecified atom stereocenters. The standard InChI is InChI=1S/C15H21NO/c1-11-2-9-15(16-10-11)12-3-5-13(6-4-12)17-14-7-8-14/h3-6,11,14-16H,2,7-10H2,1H3. The Bertz CT molecular complexity index is 361. The van der Waals surface area contributed by atoms with Gasteiger partial charge in [0.2, 0.25) is 0 Å². The molecule has 1 aromatic carbocycles. The number of hydrogen-bond acceptors (Lipinski definition) is 2. The van der Waals surface area contributed by atoms with Gasteiger partial charge in [0, 0.05) is 6.04 Å². The van der Waals surface area contributed by atoms with Crippen molar-refractivity contribution in [2.45, 2.75) is 44.8 Å². The second kappa shape index (κ2) is 4.69. The van der Waals surface area contributed by atoms with Crippen molar-refractivity contribution in [3.05, 3.63) is 29.8 Å². The molecule has 0 bridgehead atoms. The molecule has 0 aromatic heterocycles. The first-order chi connectivity index (χ1) is 8.31. The summed E-state index contributed by atoms with van der Waals surface area (Å²) in [6, 6.07) is 9.21. The average molecular weight is 231 g/mol. The van der Waals surface area contributed by atoms with E-state index in [1.165, 1.54) is 31.2 Å². The maximum atomic E-state index is 5.76. The first kappa shape index (κ1) is 11.1. The van der Waals surface area contributed by atoms with Crippen LogP contribution in [-0.4, -0.2) is 12.6 Å². The molecule has 0 spiro atoms. The van der Waals surface area contributed by atoms with Crippen molar-refractivity contribution in [1.29, 1.82) is 0 Å². The van der Waals surface area contributed by atoms with E-state index in [0.29, 0.717) is 12.1 Å². The van der Waals surface area contributed by atoms with Gasteiger partial charge in [-0.1, -0.05) is 19.1 Å². The topological polar surface area (TPSA) is 21.3 Å². The van der Waals surface area contributed by atoms with E-state index in [0.717, 1.165) is 18.2 Å². The van der Waals surface area contributed by atoms with Gasteiger partial charge in [0.25, 0.3) is 0 Å². The molecule has 0 amide bonds. The van der Waals surface area contributed by atoms with Crippen molar-refractivity contribution < 1.29 is 4.74 Å². The molecule has 2 aliphatic rings. The number of ether oxygens (including phenoxy) is 1. The van der Waals surface area contributed by atoms with Gasteiger partial charge >= 0.3 is 0 Å². The van der Waals surface area contributed by atoms with Gasteiger partial charge in [-0.05, 0) is 55.8 Å². The van der Waals surface area contributed by atoms with Gasteiger partial charge in [0.1, 0.15) is 5.75 Å². The predicted octanol–water partition coefficient (Wildman–Crippen LogP) is 3.29. The largest absolute Gasteiger partial charge is 0.490 e. The maximum Gasteiger partial charge on any atom is 0.119 e. The van der Waals surface area contributed by atoms with Crippen LogP contribution in [0.5, 0.6) is 5.75 Å². The molecule has 1 saturated heterocycles. The summed E-state index contributed by atoms with van der Waals surface area (Å²) < 4.78 is 5.76. The van der Waals surface area contributed by atoms with E-state index in [1.54, 1.807) is 0 Å². The van der Waals surface area contributed by atoms with Gasteiger partial charge in [-0.25, -0.2) is 0 Å². The second-order valence-corrected chi connectivity index (χ2v) is 5.53. The zero-order valence-corrected chi connectivity index (χ0v) is 10.5. The Kier molecular flexibility index (Phi) is 3.06. The fourth-order valence-electron chi connectivity index (χ4n) is 2.44. The van der Waals surface area contributed by atoms with Gasteiger partial charge in [-0.3, -0.25) is 0 Å². The van der Waals surface area contributed by atoms with Crippen LogP contribution in [0.3, 0.4) is 0 Å². The summed E-state index contributed by atoms with van der Waals surface area (Å²) in [4.78, 5) is 0. The molecule has 0 radical (unpaired) electrons. The van der Waals surface area contributed by atoms with Gasteiger partial charge in [0.05, 0.1) is 6.10 Å². The van der Waals surface area contributed by atoms with Crippen molar-refractivity contribution in [3.63, 3.8) is 0 Å². The minimum Gasteiger partial charge on any atom is -0.490 e. The zero-order chi connectivity index (χ0) is 11.7. The molecule has 3 rings (SSSR count). The van der Waals surface area contributed by atoms with Crippen LogP contribution >= 0.6 is 0 Å². The molecule has 1 heterocycles. The van der Waals surface area contributed by atoms with Crippen LogP contribution in [0.15, 0.2) is 24.3 Å². The highest BCUT2D eigenvalue weighted by molar-refractivity contribution is 5.29. The van der Waals surface area contributed by atoms with Crippen LogP contribution < -0.4 is 10.1 Å². The molecule has 2 fully saturated rings. The Morgan fingerprint density at radius 3 is 2.41 bits per heavy atom. The first-order valence-corrected chi connectivity index (χ1v) is 6.81. The number of rotatable bonds is 3. The molecule has 92 valence electrons. The predicted molar refractivity (Wildman–Crippen MR) is 69.2 cm³/mol. The Balaban J connectivity index is 1.62. The number of nitrogens with one attached hydrogen (secondary N) is 1. The summed E-state index contributed by atoms with van der Waals surface area (Å²) in [6.45, 7) is 3.46. The Labute approximate surface area is 103 Å². The molecular weight excluding hydrogens is 210 g/mol. The molecule has 1 aliphatic carbocycles. The Morgan fingerprint density at radius 2 is 1.82 bits per heavy atom. The van der Waals surface area contributed by atoms with Crippen molar-refractivity contribution >= 4 is 0 Å². The highest BCUT2D eigenvalue weighted by Crippen LogP contribution is 2.29. The lowest BCUT2D eigenvalue weighted by atomic mass is 9.92. The molecule has 1 aromatic rings. The van der Waals surface area contributed by atoms with E-state index in [-0.39, 0.29) is 0 Å². The third kappa shape index (κ3) is 2.81. The van der Waals surface area contributed by atoms with Crippen LogP contribution in [0, 0.1) is 5.92 Å². The molecule has 2 atom stereocenters. The number of benzene rings is 1. The van der Waals surface area contributed by atoms with Crippen molar-refractivity contribution in [1.82, 2.24) is 5.32 Å². The van der Waals surface area contributed by atoms with E-state index in [9.17, 15) is 0 Å². The van der Waals surface area contributed by atoms with Gasteiger partial charge in [-0.15, -0.1) is 0 Å². The van der Waals surface area contributed by atoms with E-state index in [2.05, 4.69) is 36.5 Å². The monoisotopic (exact) mass is 231 g/mol. The van der Waals surface area contributed by atoms with Crippen LogP contribution in [-0.2, 0) is 0 Å². The normalized spacial score (nSPS) is 29.0. The minimum absolute atomic E-state index is 0.495. The van der Waals surface area contributed by atoms with E-state index < -0.39 is 0 Å². The third-order valence-electron chi connectivity index (χ3n) is 3.77. The summed E-state index contributed by atoms with van der Waals surface area (Å²) in [5, 5.41) is 3.62. The lowest BCUT2D eigenvalue weighted by Crippen LogP contribution is -2.31. The van der Waals surface area contributed by atoms with E-state index >= 15 is 0 Å². The van der Waals surface area contributed by atoms with Crippen molar-refractivity contribution in [2.75, 3.05) is 6.54 Å². The fourth-order valence-corrected chi connectivity index (χ4v) is 2.44. The lowest BCUT2D eigenvalue weighted by molar-refractivity contribution is 0.302. The molecule has 1 aliphatic heterocycles. The van der Waals surface area contributed by atoms with Crippen molar-refractivity contribution in [2.24, 2.45) is 5.92 Å². The third-order valence-corrected chi connectivity index (χ3v) is 3.77. The zero-order valence-electron chi connectivity index (χ0n) is 10.5. The summed E-state index contributed by atoms with van der Waals surface area (Å²) >= 11 is 0. The second-order valence-electron chi connectivity index (χ2n) is 5.53. The fraction of sp³-hybridized carbons (Fsp3) is 0.600. The van der Waals surface area contributed by atoms with E-state index in [4.69, 9.17) is 4.74 Å². The summed E-state index contributed by atoms with van der Waals surface area (Å²) in [6.07, 6.45) is 5.53. The summed E-state index contributed by atoms with van der Waals surface area (Å²) in [5.74, 6) is 1.85. The molecule has 1 saturated carbocycles. The summed E-state index contributed by atoms with van der Waals surface area (Å²) in [7, 11) is 0. The van der Waals surface area contributed by atoms with Crippen LogP contribution in [0.1, 0.15) is 44.2 Å². The summed E-state index contributed by atoms with van der Waals surface area (Å²) in [5.41, 5.74) is 1.40. The smallest absolute Gasteiger partial charge is 0.119 e. The Hall–Kier alpha value is -1.02. The highest BCUT2D eigenvalue weighted by Gasteiger charge is 2.23. The average Bonchev–Trinajstić information content (AvgIpc) is 3.15. The van der Waals surface area contributed by atoms with E-state index in [1.807, 2.05) is 0 Å². The van der Waals surface area contributed by atoms with Crippen molar-refractivity contribution in [3.8, 4) is 5.75 Å². The number of piperidine rings is 1. The van der Waals surface area contributed by atoms with Gasteiger partial charge in [-0.2, -0.15) is 0 Å². The molecular formula is C15H21NO. The molecule has 17 heavy (non-hydrogen) atoms. The lowest BCUT2D eigenvalue weighted by Gasteiger charge is -2.28. The quantitative estimate of drug-likeness (QED) is 0.862. The van der Waals surface area contributed by atoms with Gasteiger partial charge in [0.15, 0.2) is 0 Å². The van der Waals surface area contributed by atoms with Crippen LogP contribution in [0.25, 0.3) is 0 Å². The molecule has 2 nitrogen and oxygen atoms in total. The van der Waals surface area contributed by atoms with Gasteiger partial charge < -0.3 is 10.1 Å². The molecule has 1 N–H and O–H groups in total. The first-order valence-electron chi connectivity index (χ1n) is 6.81.